The third kappa shape index (κ3) is 3.29. The van der Waals surface area contributed by atoms with E-state index in [9.17, 15) is 31.5 Å². The Hall–Kier alpha value is -1.45. The highest BCUT2D eigenvalue weighted by Gasteiger charge is 2.52. The van der Waals surface area contributed by atoms with Gasteiger partial charge in [-0.2, -0.15) is 22.0 Å². The first-order valence-electron chi connectivity index (χ1n) is 3.62. The number of hydrogen-bond donors (Lipinski definition) is 2. The van der Waals surface area contributed by atoms with Gasteiger partial charge in [-0.3, -0.25) is 0 Å². The summed E-state index contributed by atoms with van der Waals surface area (Å²) in [6.45, 7) is -1.26. The number of alkyl halides is 5. The molecule has 0 rings (SSSR count). The van der Waals surface area contributed by atoms with Crippen molar-refractivity contribution in [1.29, 1.82) is 0 Å². The normalized spacial score (nSPS) is 14.4. The van der Waals surface area contributed by atoms with Crippen LogP contribution in [-0.4, -0.2) is 41.8 Å². The molecule has 3 N–H and O–H groups in total. The van der Waals surface area contributed by atoms with Gasteiger partial charge in [0, 0.05) is 6.54 Å². The molecule has 0 saturated carbocycles. The second-order valence-corrected chi connectivity index (χ2v) is 2.56. The highest BCUT2D eigenvalue weighted by Crippen LogP contribution is 2.25. The van der Waals surface area contributed by atoms with Crippen LogP contribution in [0.5, 0.6) is 0 Å². The van der Waals surface area contributed by atoms with Crippen LogP contribution in [0.4, 0.5) is 22.0 Å². The van der Waals surface area contributed by atoms with Crippen molar-refractivity contribution in [3.63, 3.8) is 0 Å². The molecule has 0 fully saturated rings. The van der Waals surface area contributed by atoms with E-state index in [1.54, 1.807) is 0 Å². The Labute approximate surface area is 85.0 Å². The molecule has 0 amide bonds. The van der Waals surface area contributed by atoms with Gasteiger partial charge >= 0.3 is 24.0 Å². The topological polar surface area (TPSA) is 89.6 Å². The summed E-state index contributed by atoms with van der Waals surface area (Å²) in [6, 6.07) is 0. The van der Waals surface area contributed by atoms with Crippen LogP contribution in [0.2, 0.25) is 0 Å². The van der Waals surface area contributed by atoms with Gasteiger partial charge < -0.3 is 15.6 Å². The van der Waals surface area contributed by atoms with Crippen LogP contribution < -0.4 is 5.73 Å². The molecule has 16 heavy (non-hydrogen) atoms. The van der Waals surface area contributed by atoms with Gasteiger partial charge in [0.15, 0.2) is 6.10 Å². The van der Waals surface area contributed by atoms with Gasteiger partial charge in [0.1, 0.15) is 0 Å². The minimum atomic E-state index is -5.50. The van der Waals surface area contributed by atoms with E-state index < -0.39 is 36.7 Å². The van der Waals surface area contributed by atoms with Gasteiger partial charge in [-0.15, -0.1) is 0 Å². The maximum absolute atomic E-state index is 12.6. The van der Waals surface area contributed by atoms with E-state index in [2.05, 4.69) is 10.5 Å². The standard InChI is InChI=1S/C6H6F5NO4/c7-5(8,3(13)14)2(1-12)16-4(15)6(9,10)11/h2H,1,12H2,(H,13,14). The fourth-order valence-corrected chi connectivity index (χ4v) is 0.604. The lowest BCUT2D eigenvalue weighted by Crippen LogP contribution is -2.49. The van der Waals surface area contributed by atoms with Crippen LogP contribution in [0, 0.1) is 0 Å². The molecule has 0 aliphatic heterocycles. The first kappa shape index (κ1) is 14.6. The molecule has 0 aliphatic carbocycles. The minimum absolute atomic E-state index is 1.26. The number of nitrogens with two attached hydrogens (primary N) is 1. The van der Waals surface area contributed by atoms with E-state index in [0.717, 1.165) is 0 Å². The largest absolute Gasteiger partial charge is 0.490 e. The lowest BCUT2D eigenvalue weighted by molar-refractivity contribution is -0.222. The van der Waals surface area contributed by atoms with Crippen LogP contribution in [0.1, 0.15) is 0 Å². The number of carbonyl (C=O) groups excluding carboxylic acids is 1. The molecule has 0 aromatic heterocycles. The van der Waals surface area contributed by atoms with Gasteiger partial charge in [0.2, 0.25) is 0 Å². The average molecular weight is 251 g/mol. The monoisotopic (exact) mass is 251 g/mol. The summed E-state index contributed by atoms with van der Waals surface area (Å²) in [5, 5.41) is 7.98. The first-order valence-corrected chi connectivity index (χ1v) is 3.62. The zero-order valence-electron chi connectivity index (χ0n) is 7.42. The summed E-state index contributed by atoms with van der Waals surface area (Å²) < 4.78 is 63.4. The zero-order valence-corrected chi connectivity index (χ0v) is 7.42. The predicted molar refractivity (Wildman–Crippen MR) is 37.6 cm³/mol. The van der Waals surface area contributed by atoms with E-state index in [-0.39, 0.29) is 0 Å². The Balaban J connectivity index is 4.79. The molecule has 5 nitrogen and oxygen atoms in total. The molecule has 0 saturated heterocycles. The number of carboxylic acid groups (broad SMARTS) is 1. The number of esters is 1. The van der Waals surface area contributed by atoms with Crippen LogP contribution >= 0.6 is 0 Å². The molecule has 0 aromatic carbocycles. The van der Waals surface area contributed by atoms with Crippen molar-refractivity contribution in [2.24, 2.45) is 5.73 Å². The highest BCUT2D eigenvalue weighted by atomic mass is 19.4. The van der Waals surface area contributed by atoms with Crippen molar-refractivity contribution in [3.05, 3.63) is 0 Å². The molecule has 0 radical (unpaired) electrons. The molecule has 0 heterocycles. The highest BCUT2D eigenvalue weighted by molar-refractivity contribution is 5.79. The Morgan fingerprint density at radius 3 is 1.94 bits per heavy atom. The average Bonchev–Trinajstić information content (AvgIpc) is 2.11. The SMILES string of the molecule is NCC(OC(=O)C(F)(F)F)C(F)(F)C(=O)O. The summed E-state index contributed by atoms with van der Waals surface area (Å²) >= 11 is 0. The lowest BCUT2D eigenvalue weighted by atomic mass is 10.2. The number of aliphatic carboxylic acids is 1. The van der Waals surface area contributed by atoms with Crippen LogP contribution in [0.25, 0.3) is 0 Å². The van der Waals surface area contributed by atoms with Gasteiger partial charge in [0.25, 0.3) is 0 Å². The molecular weight excluding hydrogens is 245 g/mol. The number of halogens is 5. The Morgan fingerprint density at radius 2 is 1.69 bits per heavy atom. The Bertz CT molecular complexity index is 289. The third-order valence-electron chi connectivity index (χ3n) is 1.38. The van der Waals surface area contributed by atoms with Crippen molar-refractivity contribution < 1.29 is 41.4 Å². The van der Waals surface area contributed by atoms with Crippen LogP contribution in [0.3, 0.4) is 0 Å². The number of hydrogen-bond acceptors (Lipinski definition) is 4. The quantitative estimate of drug-likeness (QED) is 0.548. The Kier molecular flexibility index (Phi) is 4.18. The fraction of sp³-hybridized carbons (Fsp3) is 0.667. The summed E-state index contributed by atoms with van der Waals surface area (Å²) in [7, 11) is 0. The van der Waals surface area contributed by atoms with E-state index >= 15 is 0 Å². The molecular formula is C6H6F5NO4. The first-order chi connectivity index (χ1) is 7.03. The smallest absolute Gasteiger partial charge is 0.477 e. The molecule has 0 aliphatic rings. The molecule has 1 unspecified atom stereocenters. The molecule has 94 valence electrons. The van der Waals surface area contributed by atoms with Crippen molar-refractivity contribution in [3.8, 4) is 0 Å². The van der Waals surface area contributed by atoms with Crippen molar-refractivity contribution in [2.45, 2.75) is 18.2 Å². The van der Waals surface area contributed by atoms with Gasteiger partial charge in [0.05, 0.1) is 0 Å². The molecule has 0 spiro atoms. The maximum Gasteiger partial charge on any atom is 0.490 e. The number of carbonyl (C=O) groups is 2. The van der Waals surface area contributed by atoms with Gasteiger partial charge in [-0.1, -0.05) is 0 Å². The maximum atomic E-state index is 12.6. The van der Waals surface area contributed by atoms with Crippen molar-refractivity contribution in [1.82, 2.24) is 0 Å². The lowest BCUT2D eigenvalue weighted by Gasteiger charge is -2.22. The molecule has 10 heteroatoms. The van der Waals surface area contributed by atoms with E-state index in [1.807, 2.05) is 0 Å². The number of ether oxygens (including phenoxy) is 1. The van der Waals surface area contributed by atoms with E-state index in [4.69, 9.17) is 5.11 Å². The predicted octanol–water partition coefficient (Wildman–Crippen LogP) is 0.139. The fourth-order valence-electron chi connectivity index (χ4n) is 0.604. The summed E-state index contributed by atoms with van der Waals surface area (Å²) in [5.74, 6) is -10.3. The van der Waals surface area contributed by atoms with Crippen molar-refractivity contribution >= 4 is 11.9 Å². The second-order valence-electron chi connectivity index (χ2n) is 2.56. The zero-order chi connectivity index (χ0) is 13.1. The summed E-state index contributed by atoms with van der Waals surface area (Å²) in [6.07, 6.45) is -8.37. The van der Waals surface area contributed by atoms with Gasteiger partial charge in [-0.05, 0) is 0 Å². The number of carboxylic acids is 1. The van der Waals surface area contributed by atoms with Crippen molar-refractivity contribution in [2.75, 3.05) is 6.54 Å². The third-order valence-corrected chi connectivity index (χ3v) is 1.38. The van der Waals surface area contributed by atoms with Crippen LogP contribution in [-0.2, 0) is 14.3 Å². The van der Waals surface area contributed by atoms with E-state index in [0.29, 0.717) is 0 Å². The minimum Gasteiger partial charge on any atom is -0.477 e. The van der Waals surface area contributed by atoms with E-state index in [1.165, 1.54) is 0 Å². The summed E-state index contributed by atoms with van der Waals surface area (Å²) in [4.78, 5) is 20.1. The molecule has 0 bridgehead atoms. The summed E-state index contributed by atoms with van der Waals surface area (Å²) in [5.41, 5.74) is 4.60. The Morgan fingerprint density at radius 1 is 1.25 bits per heavy atom. The molecule has 0 aromatic rings. The van der Waals surface area contributed by atoms with Gasteiger partial charge in [-0.25, -0.2) is 9.59 Å². The molecule has 1 atom stereocenters. The number of rotatable bonds is 4. The van der Waals surface area contributed by atoms with Crippen LogP contribution in [0.15, 0.2) is 0 Å². The second kappa shape index (κ2) is 4.60.